The van der Waals surface area contributed by atoms with Crippen LogP contribution in [-0.4, -0.2) is 36.3 Å². The SMILES string of the molecule is CCCN(CCNC(=O)Cc1ccccc1Br)C(C)=O. The molecule has 0 aliphatic heterocycles. The minimum atomic E-state index is -0.0306. The van der Waals surface area contributed by atoms with E-state index in [4.69, 9.17) is 0 Å². The van der Waals surface area contributed by atoms with Gasteiger partial charge in [-0.25, -0.2) is 0 Å². The molecule has 0 aromatic heterocycles. The molecule has 0 fully saturated rings. The van der Waals surface area contributed by atoms with Crippen molar-refractivity contribution < 1.29 is 9.59 Å². The zero-order valence-electron chi connectivity index (χ0n) is 12.0. The fourth-order valence-electron chi connectivity index (χ4n) is 1.90. The number of hydrogen-bond donors (Lipinski definition) is 1. The molecule has 20 heavy (non-hydrogen) atoms. The molecular weight excluding hydrogens is 320 g/mol. The van der Waals surface area contributed by atoms with E-state index in [0.717, 1.165) is 23.0 Å². The van der Waals surface area contributed by atoms with E-state index in [2.05, 4.69) is 21.2 Å². The van der Waals surface area contributed by atoms with Crippen molar-refractivity contribution in [2.24, 2.45) is 0 Å². The first-order valence-electron chi connectivity index (χ1n) is 6.80. The Morgan fingerprint density at radius 3 is 2.55 bits per heavy atom. The van der Waals surface area contributed by atoms with Gasteiger partial charge in [-0.05, 0) is 18.1 Å². The summed E-state index contributed by atoms with van der Waals surface area (Å²) in [5, 5.41) is 2.85. The van der Waals surface area contributed by atoms with Crippen LogP contribution in [0.15, 0.2) is 28.7 Å². The van der Waals surface area contributed by atoms with Crippen molar-refractivity contribution in [1.29, 1.82) is 0 Å². The molecule has 0 aliphatic carbocycles. The van der Waals surface area contributed by atoms with E-state index in [9.17, 15) is 9.59 Å². The summed E-state index contributed by atoms with van der Waals surface area (Å²) in [5.41, 5.74) is 0.960. The Morgan fingerprint density at radius 1 is 1.25 bits per heavy atom. The van der Waals surface area contributed by atoms with E-state index in [1.165, 1.54) is 0 Å². The third kappa shape index (κ3) is 5.74. The van der Waals surface area contributed by atoms with Crippen molar-refractivity contribution in [2.75, 3.05) is 19.6 Å². The number of amides is 2. The molecule has 1 aromatic carbocycles. The lowest BCUT2D eigenvalue weighted by atomic mass is 10.1. The van der Waals surface area contributed by atoms with E-state index < -0.39 is 0 Å². The van der Waals surface area contributed by atoms with Crippen molar-refractivity contribution in [1.82, 2.24) is 10.2 Å². The van der Waals surface area contributed by atoms with Crippen LogP contribution in [0.3, 0.4) is 0 Å². The Labute approximate surface area is 128 Å². The van der Waals surface area contributed by atoms with Gasteiger partial charge in [-0.1, -0.05) is 41.1 Å². The summed E-state index contributed by atoms with van der Waals surface area (Å²) < 4.78 is 0.937. The number of nitrogens with zero attached hydrogens (tertiary/aromatic N) is 1. The molecule has 0 saturated carbocycles. The average Bonchev–Trinajstić information content (AvgIpc) is 2.40. The number of hydrogen-bond acceptors (Lipinski definition) is 2. The molecule has 0 bridgehead atoms. The monoisotopic (exact) mass is 340 g/mol. The highest BCUT2D eigenvalue weighted by atomic mass is 79.9. The van der Waals surface area contributed by atoms with Crippen LogP contribution in [0, 0.1) is 0 Å². The maximum absolute atomic E-state index is 11.8. The fraction of sp³-hybridized carbons (Fsp3) is 0.467. The third-order valence-electron chi connectivity index (χ3n) is 2.95. The fourth-order valence-corrected chi connectivity index (χ4v) is 2.33. The second kappa shape index (κ2) is 8.74. The molecule has 0 radical (unpaired) electrons. The van der Waals surface area contributed by atoms with Crippen molar-refractivity contribution in [3.05, 3.63) is 34.3 Å². The number of carbonyl (C=O) groups is 2. The Hall–Kier alpha value is -1.36. The Balaban J connectivity index is 2.37. The molecular formula is C15H21BrN2O2. The van der Waals surface area contributed by atoms with E-state index in [1.807, 2.05) is 31.2 Å². The van der Waals surface area contributed by atoms with E-state index in [1.54, 1.807) is 11.8 Å². The van der Waals surface area contributed by atoms with Gasteiger partial charge >= 0.3 is 0 Å². The summed E-state index contributed by atoms with van der Waals surface area (Å²) in [6.45, 7) is 5.36. The smallest absolute Gasteiger partial charge is 0.224 e. The lowest BCUT2D eigenvalue weighted by Gasteiger charge is -2.20. The Kier molecular flexibility index (Phi) is 7.30. The summed E-state index contributed by atoms with van der Waals surface area (Å²) in [6.07, 6.45) is 1.26. The second-order valence-corrected chi connectivity index (χ2v) is 5.48. The molecule has 0 unspecified atom stereocenters. The molecule has 5 heteroatoms. The van der Waals surface area contributed by atoms with Gasteiger partial charge in [-0.15, -0.1) is 0 Å². The van der Waals surface area contributed by atoms with Gasteiger partial charge in [0, 0.05) is 31.0 Å². The van der Waals surface area contributed by atoms with Gasteiger partial charge < -0.3 is 10.2 Å². The summed E-state index contributed by atoms with van der Waals surface area (Å²) >= 11 is 3.42. The third-order valence-corrected chi connectivity index (χ3v) is 3.73. The van der Waals surface area contributed by atoms with Crippen LogP contribution in [0.2, 0.25) is 0 Å². The number of benzene rings is 1. The molecule has 1 aromatic rings. The van der Waals surface area contributed by atoms with Gasteiger partial charge in [-0.3, -0.25) is 9.59 Å². The van der Waals surface area contributed by atoms with Crippen LogP contribution < -0.4 is 5.32 Å². The van der Waals surface area contributed by atoms with Crippen molar-refractivity contribution >= 4 is 27.7 Å². The standard InChI is InChI=1S/C15H21BrN2O2/c1-3-9-18(12(2)19)10-8-17-15(20)11-13-6-4-5-7-14(13)16/h4-7H,3,8-11H2,1-2H3,(H,17,20). The molecule has 1 N–H and O–H groups in total. The molecule has 0 atom stereocenters. The van der Waals surface area contributed by atoms with Gasteiger partial charge in [0.1, 0.15) is 0 Å². The van der Waals surface area contributed by atoms with E-state index in [0.29, 0.717) is 19.5 Å². The van der Waals surface area contributed by atoms with Gasteiger partial charge in [-0.2, -0.15) is 0 Å². The van der Waals surface area contributed by atoms with Gasteiger partial charge in [0.15, 0.2) is 0 Å². The lowest BCUT2D eigenvalue weighted by molar-refractivity contribution is -0.129. The summed E-state index contributed by atoms with van der Waals surface area (Å²) in [4.78, 5) is 24.9. The maximum Gasteiger partial charge on any atom is 0.224 e. The number of rotatable bonds is 7. The van der Waals surface area contributed by atoms with Gasteiger partial charge in [0.25, 0.3) is 0 Å². The summed E-state index contributed by atoms with van der Waals surface area (Å²) in [5.74, 6) is 0.0174. The minimum absolute atomic E-state index is 0.0306. The highest BCUT2D eigenvalue weighted by Gasteiger charge is 2.09. The Morgan fingerprint density at radius 2 is 1.95 bits per heavy atom. The van der Waals surface area contributed by atoms with Crippen LogP contribution in [0.4, 0.5) is 0 Å². The first kappa shape index (κ1) is 16.7. The quantitative estimate of drug-likeness (QED) is 0.828. The summed E-state index contributed by atoms with van der Waals surface area (Å²) in [7, 11) is 0. The largest absolute Gasteiger partial charge is 0.354 e. The van der Waals surface area contributed by atoms with Crippen molar-refractivity contribution in [3.8, 4) is 0 Å². The topological polar surface area (TPSA) is 49.4 Å². The van der Waals surface area contributed by atoms with Crippen LogP contribution in [0.25, 0.3) is 0 Å². The maximum atomic E-state index is 11.8. The summed E-state index contributed by atoms with van der Waals surface area (Å²) in [6, 6.07) is 7.66. The molecule has 1 rings (SSSR count). The van der Waals surface area contributed by atoms with Gasteiger partial charge in [0.05, 0.1) is 6.42 Å². The second-order valence-electron chi connectivity index (χ2n) is 4.62. The first-order valence-corrected chi connectivity index (χ1v) is 7.59. The highest BCUT2D eigenvalue weighted by molar-refractivity contribution is 9.10. The molecule has 110 valence electrons. The molecule has 0 saturated heterocycles. The zero-order chi connectivity index (χ0) is 15.0. The van der Waals surface area contributed by atoms with Crippen LogP contribution in [0.1, 0.15) is 25.8 Å². The molecule has 0 spiro atoms. The predicted octanol–water partition coefficient (Wildman–Crippen LogP) is 2.37. The number of carbonyl (C=O) groups excluding carboxylic acids is 2. The normalized spacial score (nSPS) is 10.2. The Bertz CT molecular complexity index is 463. The molecule has 0 aliphatic rings. The minimum Gasteiger partial charge on any atom is -0.354 e. The number of nitrogens with one attached hydrogen (secondary N) is 1. The van der Waals surface area contributed by atoms with Crippen LogP contribution >= 0.6 is 15.9 Å². The van der Waals surface area contributed by atoms with Crippen LogP contribution in [0.5, 0.6) is 0 Å². The average molecular weight is 341 g/mol. The van der Waals surface area contributed by atoms with Crippen molar-refractivity contribution in [3.63, 3.8) is 0 Å². The van der Waals surface area contributed by atoms with Crippen LogP contribution in [-0.2, 0) is 16.0 Å². The molecule has 2 amide bonds. The zero-order valence-corrected chi connectivity index (χ0v) is 13.6. The number of halogens is 1. The van der Waals surface area contributed by atoms with Gasteiger partial charge in [0.2, 0.25) is 11.8 Å². The lowest BCUT2D eigenvalue weighted by Crippen LogP contribution is -2.38. The first-order chi connectivity index (χ1) is 9.54. The van der Waals surface area contributed by atoms with E-state index in [-0.39, 0.29) is 11.8 Å². The molecule has 4 nitrogen and oxygen atoms in total. The van der Waals surface area contributed by atoms with E-state index >= 15 is 0 Å². The highest BCUT2D eigenvalue weighted by Crippen LogP contribution is 2.15. The predicted molar refractivity (Wildman–Crippen MR) is 83.4 cm³/mol. The van der Waals surface area contributed by atoms with Crippen molar-refractivity contribution in [2.45, 2.75) is 26.7 Å². The molecule has 0 heterocycles.